The standard InChI is InChI=1S/C31H28F2I2O9S/c1-30(2,3)44-29(38)26-24-21-10-6-4-8-19(21)23(20-9-5-7-11-22(20)24)25(26)28(37)42-15-17(14-18(35)12-13-34)27(36)43-16-31(32,33)45(39,40)41/h4-15,23-26H,16H2,1-3H3,(H,39,40,41)/b13-12+,17-15-,18-14+. The van der Waals surface area contributed by atoms with Crippen LogP contribution >= 0.6 is 45.2 Å². The maximum atomic E-state index is 14.0. The first kappa shape index (κ1) is 35.2. The third kappa shape index (κ3) is 7.65. The van der Waals surface area contributed by atoms with E-state index in [2.05, 4.69) is 4.74 Å². The molecule has 0 fully saturated rings. The van der Waals surface area contributed by atoms with Crippen LogP contribution in [0.5, 0.6) is 0 Å². The lowest BCUT2D eigenvalue weighted by atomic mass is 9.54. The van der Waals surface area contributed by atoms with Gasteiger partial charge in [-0.05, 0) is 81.9 Å². The zero-order valence-corrected chi connectivity index (χ0v) is 29.2. The third-order valence-electron chi connectivity index (χ3n) is 7.19. The van der Waals surface area contributed by atoms with Gasteiger partial charge in [-0.3, -0.25) is 14.1 Å². The van der Waals surface area contributed by atoms with Crippen molar-refractivity contribution in [1.29, 1.82) is 0 Å². The van der Waals surface area contributed by atoms with E-state index >= 15 is 0 Å². The summed E-state index contributed by atoms with van der Waals surface area (Å²) < 4.78 is 76.0. The van der Waals surface area contributed by atoms with E-state index in [4.69, 9.17) is 14.0 Å². The van der Waals surface area contributed by atoms with Crippen molar-refractivity contribution in [1.82, 2.24) is 0 Å². The van der Waals surface area contributed by atoms with Gasteiger partial charge in [0.25, 0.3) is 0 Å². The maximum absolute atomic E-state index is 14.0. The zero-order valence-electron chi connectivity index (χ0n) is 24.1. The number of allylic oxidation sites excluding steroid dienone is 2. The van der Waals surface area contributed by atoms with Crippen molar-refractivity contribution in [3.8, 4) is 0 Å². The third-order valence-corrected chi connectivity index (χ3v) is 9.09. The Balaban J connectivity index is 1.75. The Morgan fingerprint density at radius 1 is 0.911 bits per heavy atom. The Morgan fingerprint density at radius 2 is 1.38 bits per heavy atom. The van der Waals surface area contributed by atoms with Gasteiger partial charge in [-0.25, -0.2) is 4.79 Å². The molecule has 2 aromatic carbocycles. The average molecular weight is 868 g/mol. The lowest BCUT2D eigenvalue weighted by Gasteiger charge is -2.48. The molecule has 240 valence electrons. The van der Waals surface area contributed by atoms with Crippen molar-refractivity contribution in [2.45, 2.75) is 43.5 Å². The number of halogens is 4. The molecule has 0 aromatic heterocycles. The molecule has 0 amide bonds. The highest BCUT2D eigenvalue weighted by atomic mass is 127. The van der Waals surface area contributed by atoms with E-state index < -0.39 is 74.7 Å². The highest BCUT2D eigenvalue weighted by Gasteiger charge is 2.57. The lowest BCUT2D eigenvalue weighted by molar-refractivity contribution is -0.169. The molecule has 9 nitrogen and oxygen atoms in total. The smallest absolute Gasteiger partial charge is 0.402 e. The monoisotopic (exact) mass is 868 g/mol. The van der Waals surface area contributed by atoms with Gasteiger partial charge >= 0.3 is 33.3 Å². The minimum absolute atomic E-state index is 0.397. The van der Waals surface area contributed by atoms with Crippen molar-refractivity contribution in [3.63, 3.8) is 0 Å². The molecule has 2 atom stereocenters. The number of benzene rings is 2. The van der Waals surface area contributed by atoms with E-state index in [0.29, 0.717) is 9.84 Å². The number of fused-ring (bicyclic) bond motifs is 1. The molecule has 45 heavy (non-hydrogen) atoms. The Bertz CT molecular complexity index is 1660. The molecule has 0 aliphatic heterocycles. The van der Waals surface area contributed by atoms with Gasteiger partial charge in [0, 0.05) is 15.4 Å². The number of alkyl halides is 2. The molecule has 3 aliphatic rings. The van der Waals surface area contributed by atoms with Crippen LogP contribution in [0.1, 0.15) is 54.9 Å². The Kier molecular flexibility index (Phi) is 10.6. The van der Waals surface area contributed by atoms with Gasteiger partial charge < -0.3 is 14.2 Å². The minimum atomic E-state index is -5.87. The fourth-order valence-corrected chi connectivity index (χ4v) is 7.32. The van der Waals surface area contributed by atoms with E-state index in [-0.39, 0.29) is 0 Å². The quantitative estimate of drug-likeness (QED) is 0.0566. The predicted octanol–water partition coefficient (Wildman–Crippen LogP) is 6.57. The molecule has 2 bridgehead atoms. The van der Waals surface area contributed by atoms with Crippen LogP contribution in [0.4, 0.5) is 8.78 Å². The van der Waals surface area contributed by atoms with Crippen LogP contribution in [0.3, 0.4) is 0 Å². The Morgan fingerprint density at radius 3 is 1.80 bits per heavy atom. The molecule has 3 aliphatic carbocycles. The number of ether oxygens (including phenoxy) is 3. The highest BCUT2D eigenvalue weighted by Crippen LogP contribution is 2.59. The van der Waals surface area contributed by atoms with Gasteiger partial charge in [0.1, 0.15) is 11.9 Å². The van der Waals surface area contributed by atoms with E-state index in [0.717, 1.165) is 22.3 Å². The topological polar surface area (TPSA) is 133 Å². The normalized spacial score (nSPS) is 21.6. The van der Waals surface area contributed by atoms with Crippen LogP contribution in [-0.4, -0.2) is 48.3 Å². The van der Waals surface area contributed by atoms with Gasteiger partial charge in [0.15, 0.2) is 6.61 Å². The molecule has 5 rings (SSSR count). The second kappa shape index (κ2) is 13.6. The van der Waals surface area contributed by atoms with Crippen LogP contribution in [-0.2, 0) is 38.7 Å². The largest absolute Gasteiger partial charge is 0.460 e. The number of esters is 3. The fourth-order valence-electron chi connectivity index (χ4n) is 5.52. The lowest BCUT2D eigenvalue weighted by Crippen LogP contribution is -2.48. The molecule has 1 N–H and O–H groups in total. The van der Waals surface area contributed by atoms with Gasteiger partial charge in [-0.1, -0.05) is 71.1 Å². The van der Waals surface area contributed by atoms with Crippen LogP contribution in [0.2, 0.25) is 0 Å². The van der Waals surface area contributed by atoms with Crippen molar-refractivity contribution in [2.24, 2.45) is 11.8 Å². The molecule has 0 radical (unpaired) electrons. The van der Waals surface area contributed by atoms with Crippen LogP contribution < -0.4 is 0 Å². The Hall–Kier alpha value is -2.70. The molecule has 14 heteroatoms. The summed E-state index contributed by atoms with van der Waals surface area (Å²) >= 11 is 3.73. The van der Waals surface area contributed by atoms with Crippen molar-refractivity contribution in [2.75, 3.05) is 6.61 Å². The van der Waals surface area contributed by atoms with E-state index in [1.54, 1.807) is 30.9 Å². The van der Waals surface area contributed by atoms with Crippen molar-refractivity contribution in [3.05, 3.63) is 102 Å². The minimum Gasteiger partial charge on any atom is -0.460 e. The molecule has 0 spiro atoms. The summed E-state index contributed by atoms with van der Waals surface area (Å²) in [5.41, 5.74) is 2.05. The maximum Gasteiger partial charge on any atom is 0.402 e. The Labute approximate surface area is 286 Å². The van der Waals surface area contributed by atoms with E-state index in [9.17, 15) is 31.6 Å². The van der Waals surface area contributed by atoms with Gasteiger partial charge in [0.05, 0.1) is 17.4 Å². The summed E-state index contributed by atoms with van der Waals surface area (Å²) in [7, 11) is -5.87. The number of hydrogen-bond donors (Lipinski definition) is 1. The van der Waals surface area contributed by atoms with Crippen molar-refractivity contribution >= 4 is 73.2 Å². The molecule has 2 unspecified atom stereocenters. The van der Waals surface area contributed by atoms with Crippen molar-refractivity contribution < 1.29 is 50.3 Å². The van der Waals surface area contributed by atoms with Crippen LogP contribution in [0, 0.1) is 11.8 Å². The average Bonchev–Trinajstić information content (AvgIpc) is 2.96. The molecular formula is C31H28F2I2O9S. The number of hydrogen-bond acceptors (Lipinski definition) is 8. The first-order valence-corrected chi connectivity index (χ1v) is 17.2. The summed E-state index contributed by atoms with van der Waals surface area (Å²) in [6, 6.07) is 14.9. The summed E-state index contributed by atoms with van der Waals surface area (Å²) in [6.07, 6.45) is 3.42. The molecule has 0 saturated carbocycles. The second-order valence-corrected chi connectivity index (χ2v) is 14.8. The van der Waals surface area contributed by atoms with Gasteiger partial charge in [0.2, 0.25) is 0 Å². The number of rotatable bonds is 9. The molecule has 0 heterocycles. The van der Waals surface area contributed by atoms with Gasteiger partial charge in [-0.15, -0.1) is 0 Å². The molecule has 0 saturated heterocycles. The second-order valence-electron chi connectivity index (χ2n) is 11.3. The van der Waals surface area contributed by atoms with E-state index in [1.165, 1.54) is 6.08 Å². The first-order chi connectivity index (χ1) is 21.0. The highest BCUT2D eigenvalue weighted by molar-refractivity contribution is 14.1. The fraction of sp³-hybridized carbons (Fsp3) is 0.323. The molecule has 2 aromatic rings. The summed E-state index contributed by atoms with van der Waals surface area (Å²) in [4.78, 5) is 40.6. The SMILES string of the molecule is CC(C)(C)OC(=O)C1C2c3ccccc3C(c3ccccc32)C1C(=O)O/C=C(/C=C(I)\C=C\I)C(=O)OCC(F)(F)S(=O)(=O)O. The number of carbonyl (C=O) groups is 3. The van der Waals surface area contributed by atoms with Gasteiger partial charge in [-0.2, -0.15) is 17.2 Å². The first-order valence-electron chi connectivity index (χ1n) is 13.4. The van der Waals surface area contributed by atoms with E-state index in [1.807, 2.05) is 93.7 Å². The summed E-state index contributed by atoms with van der Waals surface area (Å²) in [5, 5.41) is -4.77. The summed E-state index contributed by atoms with van der Waals surface area (Å²) in [6.45, 7) is 3.16. The zero-order chi connectivity index (χ0) is 33.3. The number of carbonyl (C=O) groups excluding carboxylic acids is 3. The summed E-state index contributed by atoms with van der Waals surface area (Å²) in [5.74, 6) is -6.19. The van der Waals surface area contributed by atoms with Crippen LogP contribution in [0.15, 0.2) is 80.2 Å². The predicted molar refractivity (Wildman–Crippen MR) is 176 cm³/mol. The molecular weight excluding hydrogens is 840 g/mol. The van der Waals surface area contributed by atoms with Crippen LogP contribution in [0.25, 0.3) is 0 Å².